The monoisotopic (exact) mass is 388 g/mol. The van der Waals surface area contributed by atoms with Crippen LogP contribution < -0.4 is 0 Å². The largest absolute Gasteiger partial charge is 0.461 e. The molecule has 28 heavy (non-hydrogen) atoms. The Kier molecular flexibility index (Phi) is 6.60. The minimum atomic E-state index is -0.445. The first-order chi connectivity index (χ1) is 13.3. The number of benzene rings is 1. The lowest BCUT2D eigenvalue weighted by molar-refractivity contribution is -0.151. The Balaban J connectivity index is 1.32. The van der Waals surface area contributed by atoms with Crippen molar-refractivity contribution in [2.45, 2.75) is 45.8 Å². The van der Waals surface area contributed by atoms with E-state index in [0.717, 1.165) is 51.1 Å². The first-order valence-electron chi connectivity index (χ1n) is 10.2. The number of esters is 1. The average molecular weight is 389 g/mol. The Morgan fingerprint density at radius 2 is 1.71 bits per heavy atom. The Bertz CT molecular complexity index is 657. The van der Waals surface area contributed by atoms with E-state index >= 15 is 0 Å². The van der Waals surface area contributed by atoms with Crippen LogP contribution in [0.4, 0.5) is 4.79 Å². The summed E-state index contributed by atoms with van der Waals surface area (Å²) in [5.41, 5.74) is 0.576. The van der Waals surface area contributed by atoms with Crippen molar-refractivity contribution >= 4 is 12.1 Å². The van der Waals surface area contributed by atoms with E-state index in [1.165, 1.54) is 0 Å². The molecule has 0 N–H and O–H groups in total. The molecular weight excluding hydrogens is 356 g/mol. The second kappa shape index (κ2) is 8.95. The van der Waals surface area contributed by atoms with Crippen LogP contribution in [0.2, 0.25) is 0 Å². The van der Waals surface area contributed by atoms with E-state index < -0.39 is 5.60 Å². The molecule has 0 saturated carbocycles. The van der Waals surface area contributed by atoms with Crippen LogP contribution in [0.3, 0.4) is 0 Å². The Morgan fingerprint density at radius 1 is 1.07 bits per heavy atom. The molecule has 2 heterocycles. The number of piperidine rings is 1. The van der Waals surface area contributed by atoms with Crippen molar-refractivity contribution in [1.82, 2.24) is 9.80 Å². The number of ether oxygens (including phenoxy) is 2. The summed E-state index contributed by atoms with van der Waals surface area (Å²) in [6.45, 7) is 10.3. The Morgan fingerprint density at radius 3 is 2.32 bits per heavy atom. The summed E-state index contributed by atoms with van der Waals surface area (Å²) >= 11 is 0. The van der Waals surface area contributed by atoms with E-state index in [2.05, 4.69) is 4.90 Å². The van der Waals surface area contributed by atoms with Gasteiger partial charge in [-0.2, -0.15) is 0 Å². The molecular formula is C22H32N2O4. The fraction of sp³-hybridized carbons (Fsp3) is 0.636. The highest BCUT2D eigenvalue weighted by Crippen LogP contribution is 2.24. The lowest BCUT2D eigenvalue weighted by Gasteiger charge is -2.43. The minimum absolute atomic E-state index is 0.000357. The van der Waals surface area contributed by atoms with Gasteiger partial charge < -0.3 is 19.3 Å². The molecule has 2 saturated heterocycles. The van der Waals surface area contributed by atoms with Gasteiger partial charge >= 0.3 is 12.1 Å². The first kappa shape index (κ1) is 20.6. The van der Waals surface area contributed by atoms with Crippen molar-refractivity contribution in [2.75, 3.05) is 32.7 Å². The summed E-state index contributed by atoms with van der Waals surface area (Å²) in [6.07, 6.45) is 1.47. The molecule has 6 nitrogen and oxygen atoms in total. The van der Waals surface area contributed by atoms with Crippen molar-refractivity contribution < 1.29 is 19.1 Å². The van der Waals surface area contributed by atoms with E-state index in [4.69, 9.17) is 9.47 Å². The van der Waals surface area contributed by atoms with Crippen LogP contribution >= 0.6 is 0 Å². The normalized spacial score (nSPS) is 19.2. The van der Waals surface area contributed by atoms with E-state index in [9.17, 15) is 9.59 Å². The zero-order valence-electron chi connectivity index (χ0n) is 17.2. The molecule has 1 aromatic carbocycles. The molecule has 0 unspecified atom stereocenters. The summed E-state index contributed by atoms with van der Waals surface area (Å²) in [4.78, 5) is 28.5. The van der Waals surface area contributed by atoms with Gasteiger partial charge in [-0.15, -0.1) is 0 Å². The van der Waals surface area contributed by atoms with Gasteiger partial charge in [-0.25, -0.2) is 4.79 Å². The fourth-order valence-corrected chi connectivity index (χ4v) is 3.72. The number of nitrogens with zero attached hydrogens (tertiary/aromatic N) is 2. The van der Waals surface area contributed by atoms with Crippen molar-refractivity contribution in [3.05, 3.63) is 35.9 Å². The van der Waals surface area contributed by atoms with Gasteiger partial charge in [-0.3, -0.25) is 4.79 Å². The molecule has 3 rings (SSSR count). The van der Waals surface area contributed by atoms with Gasteiger partial charge in [-0.1, -0.05) is 30.3 Å². The van der Waals surface area contributed by atoms with Gasteiger partial charge in [-0.05, 0) is 52.3 Å². The van der Waals surface area contributed by atoms with E-state index in [1.807, 2.05) is 51.1 Å². The topological polar surface area (TPSA) is 59.1 Å². The smallest absolute Gasteiger partial charge is 0.410 e. The third-order valence-electron chi connectivity index (χ3n) is 5.27. The number of hydrogen-bond acceptors (Lipinski definition) is 5. The highest BCUT2D eigenvalue weighted by molar-refractivity contribution is 5.72. The molecule has 0 spiro atoms. The van der Waals surface area contributed by atoms with Gasteiger partial charge in [0, 0.05) is 25.6 Å². The molecule has 0 aliphatic carbocycles. The lowest BCUT2D eigenvalue weighted by atomic mass is 9.94. The maximum absolute atomic E-state index is 12.3. The SMILES string of the molecule is CC(C)(C)OC(=O)N1CC(CN2CCC(C(=O)OCc3ccccc3)CC2)C1. The quantitative estimate of drug-likeness (QED) is 0.725. The van der Waals surface area contributed by atoms with Crippen LogP contribution in [0.15, 0.2) is 30.3 Å². The zero-order valence-corrected chi connectivity index (χ0v) is 17.2. The molecule has 2 aliphatic heterocycles. The van der Waals surface area contributed by atoms with Gasteiger partial charge in [0.1, 0.15) is 12.2 Å². The second-order valence-corrected chi connectivity index (χ2v) is 8.92. The molecule has 6 heteroatoms. The maximum Gasteiger partial charge on any atom is 0.410 e. The van der Waals surface area contributed by atoms with Gasteiger partial charge in [0.25, 0.3) is 0 Å². The number of amides is 1. The van der Waals surface area contributed by atoms with Gasteiger partial charge in [0.05, 0.1) is 5.92 Å². The van der Waals surface area contributed by atoms with Crippen LogP contribution in [0.1, 0.15) is 39.2 Å². The number of rotatable bonds is 5. The second-order valence-electron chi connectivity index (χ2n) is 8.92. The summed E-state index contributed by atoms with van der Waals surface area (Å²) in [6, 6.07) is 9.79. The number of carbonyl (C=O) groups excluding carboxylic acids is 2. The zero-order chi connectivity index (χ0) is 20.1. The van der Waals surface area contributed by atoms with Gasteiger partial charge in [0.15, 0.2) is 0 Å². The Hall–Kier alpha value is -2.08. The fourth-order valence-electron chi connectivity index (χ4n) is 3.72. The molecule has 2 aliphatic rings. The third-order valence-corrected chi connectivity index (χ3v) is 5.27. The van der Waals surface area contributed by atoms with Crippen LogP contribution in [0, 0.1) is 11.8 Å². The standard InChI is InChI=1S/C22H32N2O4/c1-22(2,3)28-21(26)24-14-18(15-24)13-23-11-9-19(10-12-23)20(25)27-16-17-7-5-4-6-8-17/h4-8,18-19H,9-16H2,1-3H3. The van der Waals surface area contributed by atoms with Crippen LogP contribution in [0.25, 0.3) is 0 Å². The minimum Gasteiger partial charge on any atom is -0.461 e. The van der Waals surface area contributed by atoms with Crippen LogP contribution in [-0.2, 0) is 20.9 Å². The highest BCUT2D eigenvalue weighted by Gasteiger charge is 2.35. The maximum atomic E-state index is 12.3. The van der Waals surface area contributed by atoms with Crippen LogP contribution in [-0.4, -0.2) is 60.2 Å². The molecule has 154 valence electrons. The Labute approximate surface area is 167 Å². The predicted molar refractivity (Wildman–Crippen MR) is 107 cm³/mol. The molecule has 0 bridgehead atoms. The molecule has 0 atom stereocenters. The first-order valence-corrected chi connectivity index (χ1v) is 10.2. The van der Waals surface area contributed by atoms with E-state index in [1.54, 1.807) is 4.90 Å². The molecule has 1 aromatic rings. The number of hydrogen-bond donors (Lipinski definition) is 0. The van der Waals surface area contributed by atoms with Crippen molar-refractivity contribution in [2.24, 2.45) is 11.8 Å². The van der Waals surface area contributed by atoms with E-state index in [-0.39, 0.29) is 18.0 Å². The summed E-state index contributed by atoms with van der Waals surface area (Å²) in [5.74, 6) is 0.414. The number of likely N-dealkylation sites (tertiary alicyclic amines) is 2. The van der Waals surface area contributed by atoms with Crippen LogP contribution in [0.5, 0.6) is 0 Å². The van der Waals surface area contributed by atoms with Gasteiger partial charge in [0.2, 0.25) is 0 Å². The van der Waals surface area contributed by atoms with E-state index in [0.29, 0.717) is 12.5 Å². The number of carbonyl (C=O) groups is 2. The lowest BCUT2D eigenvalue weighted by Crippen LogP contribution is -2.55. The summed E-state index contributed by atoms with van der Waals surface area (Å²) in [7, 11) is 0. The van der Waals surface area contributed by atoms with Crippen molar-refractivity contribution in [1.29, 1.82) is 0 Å². The molecule has 0 radical (unpaired) electrons. The third kappa shape index (κ3) is 5.96. The average Bonchev–Trinajstić information content (AvgIpc) is 2.62. The molecule has 0 aromatic heterocycles. The highest BCUT2D eigenvalue weighted by atomic mass is 16.6. The van der Waals surface area contributed by atoms with Crippen molar-refractivity contribution in [3.8, 4) is 0 Å². The predicted octanol–water partition coefficient (Wildman–Crippen LogP) is 3.31. The van der Waals surface area contributed by atoms with Crippen molar-refractivity contribution in [3.63, 3.8) is 0 Å². The summed E-state index contributed by atoms with van der Waals surface area (Å²) in [5, 5.41) is 0. The summed E-state index contributed by atoms with van der Waals surface area (Å²) < 4.78 is 10.9. The molecule has 1 amide bonds. The molecule has 2 fully saturated rings.